The van der Waals surface area contributed by atoms with Gasteiger partial charge in [0.2, 0.25) is 0 Å². The van der Waals surface area contributed by atoms with Gasteiger partial charge >= 0.3 is 5.97 Å². The molecule has 1 unspecified atom stereocenters. The molecule has 18 heavy (non-hydrogen) atoms. The van der Waals surface area contributed by atoms with Crippen LogP contribution in [0.25, 0.3) is 10.9 Å². The Labute approximate surface area is 109 Å². The zero-order chi connectivity index (χ0) is 13.1. The molecular formula is C13H13ClN2O2. The van der Waals surface area contributed by atoms with Crippen LogP contribution in [0.5, 0.6) is 0 Å². The van der Waals surface area contributed by atoms with E-state index in [1.165, 1.54) is 0 Å². The van der Waals surface area contributed by atoms with Crippen molar-refractivity contribution in [3.63, 3.8) is 0 Å². The van der Waals surface area contributed by atoms with Gasteiger partial charge in [-0.2, -0.15) is 0 Å². The smallest absolute Gasteiger partial charge is 0.304 e. The Hall–Kier alpha value is -1.65. The molecule has 1 aromatic heterocycles. The number of aromatic nitrogens is 1. The molecule has 0 saturated carbocycles. The van der Waals surface area contributed by atoms with Crippen molar-refractivity contribution in [2.45, 2.75) is 12.3 Å². The lowest BCUT2D eigenvalue weighted by molar-refractivity contribution is -0.137. The summed E-state index contributed by atoms with van der Waals surface area (Å²) in [7, 11) is 0. The average Bonchev–Trinajstić information content (AvgIpc) is 2.34. The maximum atomic E-state index is 10.8. The molecule has 0 aliphatic carbocycles. The Kier molecular flexibility index (Phi) is 3.79. The first-order valence-corrected chi connectivity index (χ1v) is 5.96. The number of halogens is 1. The first kappa shape index (κ1) is 12.8. The zero-order valence-corrected chi connectivity index (χ0v) is 10.4. The summed E-state index contributed by atoms with van der Waals surface area (Å²) in [5, 5.41) is 10.4. The van der Waals surface area contributed by atoms with Gasteiger partial charge in [0.15, 0.2) is 0 Å². The van der Waals surface area contributed by atoms with E-state index in [0.29, 0.717) is 10.7 Å². The van der Waals surface area contributed by atoms with Gasteiger partial charge in [-0.25, -0.2) is 0 Å². The van der Waals surface area contributed by atoms with Gasteiger partial charge < -0.3 is 10.8 Å². The number of carboxylic acid groups (broad SMARTS) is 1. The van der Waals surface area contributed by atoms with Crippen LogP contribution in [0, 0.1) is 0 Å². The Balaban J connectivity index is 2.41. The van der Waals surface area contributed by atoms with Gasteiger partial charge in [-0.05, 0) is 18.2 Å². The lowest BCUT2D eigenvalue weighted by Gasteiger charge is -2.12. The monoisotopic (exact) mass is 264 g/mol. The van der Waals surface area contributed by atoms with Gasteiger partial charge in [-0.1, -0.05) is 23.7 Å². The summed E-state index contributed by atoms with van der Waals surface area (Å²) in [6, 6.07) is 9.15. The molecule has 2 aromatic rings. The van der Waals surface area contributed by atoms with E-state index in [2.05, 4.69) is 4.98 Å². The van der Waals surface area contributed by atoms with Crippen LogP contribution in [0.1, 0.15) is 18.0 Å². The topological polar surface area (TPSA) is 76.2 Å². The van der Waals surface area contributed by atoms with Crippen LogP contribution in [0.4, 0.5) is 0 Å². The summed E-state index contributed by atoms with van der Waals surface area (Å²) in [6.07, 6.45) is -0.0183. The molecule has 0 fully saturated rings. The average molecular weight is 265 g/mol. The first-order chi connectivity index (χ1) is 8.60. The Bertz CT molecular complexity index is 586. The molecule has 0 aliphatic heterocycles. The number of hydrogen-bond acceptors (Lipinski definition) is 3. The molecule has 0 radical (unpaired) electrons. The first-order valence-electron chi connectivity index (χ1n) is 5.58. The number of carboxylic acids is 1. The third kappa shape index (κ3) is 2.78. The van der Waals surface area contributed by atoms with Crippen LogP contribution in [-0.4, -0.2) is 22.6 Å². The summed E-state index contributed by atoms with van der Waals surface area (Å²) < 4.78 is 0. The lowest BCUT2D eigenvalue weighted by Crippen LogP contribution is -2.17. The summed E-state index contributed by atoms with van der Waals surface area (Å²) in [6.45, 7) is 0.255. The van der Waals surface area contributed by atoms with Crippen LogP contribution < -0.4 is 5.73 Å². The highest BCUT2D eigenvalue weighted by Crippen LogP contribution is 2.22. The highest BCUT2D eigenvalue weighted by atomic mass is 35.5. The number of nitrogens with two attached hydrogens (primary N) is 1. The number of benzene rings is 1. The van der Waals surface area contributed by atoms with Crippen LogP contribution in [0.15, 0.2) is 30.3 Å². The van der Waals surface area contributed by atoms with Crippen molar-refractivity contribution in [1.29, 1.82) is 0 Å². The van der Waals surface area contributed by atoms with Crippen molar-refractivity contribution in [2.75, 3.05) is 6.54 Å². The van der Waals surface area contributed by atoms with E-state index in [9.17, 15) is 4.79 Å². The van der Waals surface area contributed by atoms with E-state index >= 15 is 0 Å². The Morgan fingerprint density at radius 2 is 2.11 bits per heavy atom. The quantitative estimate of drug-likeness (QED) is 0.889. The summed E-state index contributed by atoms with van der Waals surface area (Å²) >= 11 is 5.91. The van der Waals surface area contributed by atoms with Crippen molar-refractivity contribution in [3.05, 3.63) is 41.0 Å². The van der Waals surface area contributed by atoms with E-state index < -0.39 is 5.97 Å². The lowest BCUT2D eigenvalue weighted by atomic mass is 10.0. The number of fused-ring (bicyclic) bond motifs is 1. The van der Waals surface area contributed by atoms with Crippen molar-refractivity contribution in [2.24, 2.45) is 5.73 Å². The molecule has 0 spiro atoms. The fourth-order valence-electron chi connectivity index (χ4n) is 1.85. The van der Waals surface area contributed by atoms with Gasteiger partial charge in [0.05, 0.1) is 11.9 Å². The van der Waals surface area contributed by atoms with Crippen LogP contribution in [0.3, 0.4) is 0 Å². The number of pyridine rings is 1. The molecule has 0 amide bonds. The van der Waals surface area contributed by atoms with Gasteiger partial charge in [0, 0.05) is 28.6 Å². The third-order valence-electron chi connectivity index (χ3n) is 2.80. The van der Waals surface area contributed by atoms with Crippen molar-refractivity contribution in [3.8, 4) is 0 Å². The fourth-order valence-corrected chi connectivity index (χ4v) is 2.02. The van der Waals surface area contributed by atoms with Crippen molar-refractivity contribution >= 4 is 28.5 Å². The fraction of sp³-hybridized carbons (Fsp3) is 0.231. The van der Waals surface area contributed by atoms with Gasteiger partial charge in [0.1, 0.15) is 0 Å². The standard InChI is InChI=1S/C13H13ClN2O2/c14-10-3-1-8-2-4-11(16-12(8)6-10)9(7-15)5-13(17)18/h1-4,6,9H,5,7,15H2,(H,17,18). The van der Waals surface area contributed by atoms with Crippen LogP contribution in [0.2, 0.25) is 5.02 Å². The molecule has 0 bridgehead atoms. The number of aliphatic carboxylic acids is 1. The minimum absolute atomic E-state index is 0.0183. The maximum absolute atomic E-state index is 10.8. The molecule has 0 aliphatic rings. The number of carbonyl (C=O) groups is 1. The van der Waals surface area contributed by atoms with E-state index in [1.54, 1.807) is 12.1 Å². The minimum atomic E-state index is -0.876. The highest BCUT2D eigenvalue weighted by Gasteiger charge is 2.15. The molecule has 1 heterocycles. The van der Waals surface area contributed by atoms with E-state index in [-0.39, 0.29) is 18.9 Å². The van der Waals surface area contributed by atoms with Gasteiger partial charge in [0.25, 0.3) is 0 Å². The summed E-state index contributed by atoms with van der Waals surface area (Å²) in [5.41, 5.74) is 7.04. The highest BCUT2D eigenvalue weighted by molar-refractivity contribution is 6.31. The molecule has 3 N–H and O–H groups in total. The molecule has 1 aromatic carbocycles. The SMILES string of the molecule is NCC(CC(=O)O)c1ccc2ccc(Cl)cc2n1. The predicted octanol–water partition coefficient (Wildman–Crippen LogP) is 2.41. The van der Waals surface area contributed by atoms with Crippen LogP contribution in [-0.2, 0) is 4.79 Å². The van der Waals surface area contributed by atoms with E-state index in [4.69, 9.17) is 22.4 Å². The molecular weight excluding hydrogens is 252 g/mol. The number of hydrogen-bond donors (Lipinski definition) is 2. The number of rotatable bonds is 4. The Morgan fingerprint density at radius 1 is 1.39 bits per heavy atom. The normalized spacial score (nSPS) is 12.6. The van der Waals surface area contributed by atoms with Crippen molar-refractivity contribution < 1.29 is 9.90 Å². The van der Waals surface area contributed by atoms with Crippen LogP contribution >= 0.6 is 11.6 Å². The summed E-state index contributed by atoms with van der Waals surface area (Å²) in [5.74, 6) is -1.15. The second-order valence-electron chi connectivity index (χ2n) is 4.10. The molecule has 0 saturated heterocycles. The third-order valence-corrected chi connectivity index (χ3v) is 3.03. The largest absolute Gasteiger partial charge is 0.481 e. The molecule has 94 valence electrons. The van der Waals surface area contributed by atoms with Gasteiger partial charge in [-0.15, -0.1) is 0 Å². The van der Waals surface area contributed by atoms with E-state index in [1.807, 2.05) is 18.2 Å². The van der Waals surface area contributed by atoms with Gasteiger partial charge in [-0.3, -0.25) is 9.78 Å². The maximum Gasteiger partial charge on any atom is 0.304 e. The molecule has 4 nitrogen and oxygen atoms in total. The minimum Gasteiger partial charge on any atom is -0.481 e. The van der Waals surface area contributed by atoms with E-state index in [0.717, 1.165) is 10.9 Å². The second-order valence-corrected chi connectivity index (χ2v) is 4.54. The summed E-state index contributed by atoms with van der Waals surface area (Å²) in [4.78, 5) is 15.2. The Morgan fingerprint density at radius 3 is 2.78 bits per heavy atom. The molecule has 5 heteroatoms. The van der Waals surface area contributed by atoms with Crippen molar-refractivity contribution in [1.82, 2.24) is 4.98 Å². The second kappa shape index (κ2) is 5.33. The molecule has 1 atom stereocenters. The molecule has 2 rings (SSSR count). The number of nitrogens with zero attached hydrogens (tertiary/aromatic N) is 1. The predicted molar refractivity (Wildman–Crippen MR) is 70.8 cm³/mol. The zero-order valence-electron chi connectivity index (χ0n) is 9.64.